The van der Waals surface area contributed by atoms with E-state index in [-0.39, 0.29) is 18.8 Å². The van der Waals surface area contributed by atoms with Crippen molar-refractivity contribution < 1.29 is 37.0 Å². The second kappa shape index (κ2) is 9.26. The average molecular weight is 440 g/mol. The normalized spacial score (nSPS) is 20.3. The number of benzene rings is 1. The van der Waals surface area contributed by atoms with E-state index in [1.807, 2.05) is 13.8 Å². The summed E-state index contributed by atoms with van der Waals surface area (Å²) in [6.07, 6.45) is 0.963. The highest BCUT2D eigenvalue weighted by Gasteiger charge is 2.58. The second-order valence-corrected chi connectivity index (χ2v) is 8.03. The van der Waals surface area contributed by atoms with E-state index in [2.05, 4.69) is 0 Å². The molecule has 1 aliphatic carbocycles. The quantitative estimate of drug-likeness (QED) is 0.469. The molecule has 1 saturated carbocycles. The Bertz CT molecular complexity index is 850. The SMILES string of the molecule is COC(=O)C1(C(=O)OC)C/C(=C/C=C\c2ccc(C(F)(F)F)cc2)C(C(C)(C)OC)C1. The molecule has 170 valence electrons. The van der Waals surface area contributed by atoms with Crippen LogP contribution in [0.4, 0.5) is 13.2 Å². The van der Waals surface area contributed by atoms with Gasteiger partial charge in [0, 0.05) is 13.0 Å². The lowest BCUT2D eigenvalue weighted by molar-refractivity contribution is -0.169. The molecule has 0 radical (unpaired) electrons. The Morgan fingerprint density at radius 2 is 1.58 bits per heavy atom. The number of alkyl halides is 3. The van der Waals surface area contributed by atoms with Gasteiger partial charge in [0.05, 0.1) is 25.4 Å². The van der Waals surface area contributed by atoms with Gasteiger partial charge < -0.3 is 14.2 Å². The van der Waals surface area contributed by atoms with Crippen LogP contribution in [0.5, 0.6) is 0 Å². The topological polar surface area (TPSA) is 61.8 Å². The van der Waals surface area contributed by atoms with Crippen LogP contribution in [0.25, 0.3) is 6.08 Å². The molecule has 1 aromatic carbocycles. The molecule has 2 rings (SSSR count). The molecule has 1 fully saturated rings. The van der Waals surface area contributed by atoms with Crippen molar-refractivity contribution in [1.82, 2.24) is 0 Å². The molecular weight excluding hydrogens is 413 g/mol. The highest BCUT2D eigenvalue weighted by Crippen LogP contribution is 2.51. The Morgan fingerprint density at radius 3 is 2.03 bits per heavy atom. The first-order valence-electron chi connectivity index (χ1n) is 9.67. The summed E-state index contributed by atoms with van der Waals surface area (Å²) >= 11 is 0. The maximum atomic E-state index is 12.7. The van der Waals surface area contributed by atoms with Gasteiger partial charge in [-0.25, -0.2) is 0 Å². The first-order chi connectivity index (χ1) is 14.4. The molecule has 0 bridgehead atoms. The lowest BCUT2D eigenvalue weighted by Gasteiger charge is -2.32. The summed E-state index contributed by atoms with van der Waals surface area (Å²) in [6.45, 7) is 3.71. The zero-order valence-electron chi connectivity index (χ0n) is 18.2. The van der Waals surface area contributed by atoms with Crippen molar-refractivity contribution in [3.63, 3.8) is 0 Å². The molecule has 31 heavy (non-hydrogen) atoms. The van der Waals surface area contributed by atoms with Crippen LogP contribution >= 0.6 is 0 Å². The van der Waals surface area contributed by atoms with Gasteiger partial charge in [-0.1, -0.05) is 35.9 Å². The highest BCUT2D eigenvalue weighted by atomic mass is 19.4. The zero-order chi connectivity index (χ0) is 23.4. The van der Waals surface area contributed by atoms with Crippen LogP contribution < -0.4 is 0 Å². The van der Waals surface area contributed by atoms with Crippen LogP contribution in [0, 0.1) is 11.3 Å². The minimum atomic E-state index is -4.39. The number of carbonyl (C=O) groups is 2. The Hall–Kier alpha value is -2.61. The van der Waals surface area contributed by atoms with Crippen LogP contribution in [0.15, 0.2) is 42.0 Å². The molecule has 0 saturated heterocycles. The van der Waals surface area contributed by atoms with Crippen molar-refractivity contribution in [2.45, 2.75) is 38.5 Å². The number of hydrogen-bond donors (Lipinski definition) is 0. The largest absolute Gasteiger partial charge is 0.468 e. The van der Waals surface area contributed by atoms with E-state index < -0.39 is 34.7 Å². The van der Waals surface area contributed by atoms with E-state index in [4.69, 9.17) is 14.2 Å². The highest BCUT2D eigenvalue weighted by molar-refractivity contribution is 6.01. The predicted molar refractivity (Wildman–Crippen MR) is 109 cm³/mol. The lowest BCUT2D eigenvalue weighted by atomic mass is 9.81. The number of carbonyl (C=O) groups excluding carboxylic acids is 2. The zero-order valence-corrected chi connectivity index (χ0v) is 18.2. The third-order valence-electron chi connectivity index (χ3n) is 5.86. The Morgan fingerprint density at radius 1 is 1.03 bits per heavy atom. The van der Waals surface area contributed by atoms with Gasteiger partial charge in [-0.15, -0.1) is 0 Å². The van der Waals surface area contributed by atoms with E-state index in [0.29, 0.717) is 5.56 Å². The average Bonchev–Trinajstić information content (AvgIpc) is 3.14. The maximum Gasteiger partial charge on any atom is 0.416 e. The van der Waals surface area contributed by atoms with Crippen molar-refractivity contribution in [1.29, 1.82) is 0 Å². The van der Waals surface area contributed by atoms with Crippen molar-refractivity contribution in [3.05, 3.63) is 53.1 Å². The van der Waals surface area contributed by atoms with Crippen LogP contribution in [-0.2, 0) is 30.0 Å². The van der Waals surface area contributed by atoms with E-state index in [0.717, 1.165) is 17.7 Å². The summed E-state index contributed by atoms with van der Waals surface area (Å²) in [5.74, 6) is -1.63. The Labute approximate surface area is 179 Å². The molecule has 0 spiro atoms. The summed E-state index contributed by atoms with van der Waals surface area (Å²) in [4.78, 5) is 25.1. The van der Waals surface area contributed by atoms with Gasteiger partial charge in [-0.3, -0.25) is 9.59 Å². The van der Waals surface area contributed by atoms with Crippen LogP contribution in [0.1, 0.15) is 37.8 Å². The molecule has 1 aliphatic rings. The summed E-state index contributed by atoms with van der Waals surface area (Å²) in [6, 6.07) is 4.77. The van der Waals surface area contributed by atoms with Gasteiger partial charge in [0.15, 0.2) is 5.41 Å². The summed E-state index contributed by atoms with van der Waals surface area (Å²) < 4.78 is 53.5. The van der Waals surface area contributed by atoms with Gasteiger partial charge in [0.2, 0.25) is 0 Å². The molecule has 0 aromatic heterocycles. The monoisotopic (exact) mass is 440 g/mol. The fourth-order valence-corrected chi connectivity index (χ4v) is 3.88. The molecule has 0 amide bonds. The molecule has 0 aliphatic heterocycles. The predicted octanol–water partition coefficient (Wildman–Crippen LogP) is 4.81. The number of halogens is 3. The number of esters is 2. The number of rotatable bonds is 6. The third kappa shape index (κ3) is 5.18. The van der Waals surface area contributed by atoms with Gasteiger partial charge >= 0.3 is 18.1 Å². The third-order valence-corrected chi connectivity index (χ3v) is 5.86. The van der Waals surface area contributed by atoms with Crippen molar-refractivity contribution >= 4 is 18.0 Å². The van der Waals surface area contributed by atoms with Crippen LogP contribution in [0.2, 0.25) is 0 Å². The van der Waals surface area contributed by atoms with Crippen LogP contribution in [0.3, 0.4) is 0 Å². The standard InChI is InChI=1S/C23H27F3O5/c1-21(2,31-5)18-14-22(19(27)29-3,20(28)30-4)13-16(18)8-6-7-15-9-11-17(12-10-15)23(24,25)26/h6-12,18H,13-14H2,1-5H3/b7-6-,16-8-. The number of hydrogen-bond acceptors (Lipinski definition) is 5. The Balaban J connectivity index is 2.38. The molecule has 0 heterocycles. The molecule has 5 nitrogen and oxygen atoms in total. The summed E-state index contributed by atoms with van der Waals surface area (Å²) in [5.41, 5.74) is -1.51. The fourth-order valence-electron chi connectivity index (χ4n) is 3.88. The molecule has 8 heteroatoms. The second-order valence-electron chi connectivity index (χ2n) is 8.03. The Kier molecular flexibility index (Phi) is 7.36. The molecule has 1 unspecified atom stereocenters. The van der Waals surface area contributed by atoms with Gasteiger partial charge in [-0.05, 0) is 44.4 Å². The van der Waals surface area contributed by atoms with E-state index >= 15 is 0 Å². The van der Waals surface area contributed by atoms with Crippen LogP contribution in [-0.4, -0.2) is 38.9 Å². The molecule has 1 aromatic rings. The number of allylic oxidation sites excluding steroid dienone is 2. The van der Waals surface area contributed by atoms with Crippen molar-refractivity contribution in [3.8, 4) is 0 Å². The smallest absolute Gasteiger partial charge is 0.416 e. The van der Waals surface area contributed by atoms with Crippen molar-refractivity contribution in [2.75, 3.05) is 21.3 Å². The molecule has 1 atom stereocenters. The molecule has 0 N–H and O–H groups in total. The first-order valence-corrected chi connectivity index (χ1v) is 9.67. The summed E-state index contributed by atoms with van der Waals surface area (Å²) in [5, 5.41) is 0. The summed E-state index contributed by atoms with van der Waals surface area (Å²) in [7, 11) is 3.98. The van der Waals surface area contributed by atoms with Crippen molar-refractivity contribution in [2.24, 2.45) is 11.3 Å². The maximum absolute atomic E-state index is 12.7. The number of ether oxygens (including phenoxy) is 3. The van der Waals surface area contributed by atoms with E-state index in [9.17, 15) is 22.8 Å². The minimum absolute atomic E-state index is 0.0984. The fraction of sp³-hybridized carbons (Fsp3) is 0.478. The molecular formula is C23H27F3O5. The number of methoxy groups -OCH3 is 3. The van der Waals surface area contributed by atoms with Gasteiger partial charge in [-0.2, -0.15) is 13.2 Å². The lowest BCUT2D eigenvalue weighted by Crippen LogP contribution is -2.41. The van der Waals surface area contributed by atoms with Gasteiger partial charge in [0.25, 0.3) is 0 Å². The first kappa shape index (κ1) is 24.7. The van der Waals surface area contributed by atoms with Gasteiger partial charge in [0.1, 0.15) is 0 Å². The van der Waals surface area contributed by atoms with E-state index in [1.165, 1.54) is 26.4 Å². The minimum Gasteiger partial charge on any atom is -0.468 e. The van der Waals surface area contributed by atoms with E-state index in [1.54, 1.807) is 25.3 Å².